The average Bonchev–Trinajstić information content (AvgIpc) is 2.68. The number of halogens is 3. The molecule has 0 aliphatic carbocycles. The number of rotatable bonds is 1. The molecule has 0 saturated heterocycles. The third kappa shape index (κ3) is 2.29. The molecule has 0 atom stereocenters. The van der Waals surface area contributed by atoms with E-state index >= 15 is 0 Å². The molecule has 2 aliphatic rings. The highest BCUT2D eigenvalue weighted by molar-refractivity contribution is 8.16. The topological polar surface area (TPSA) is 15.6 Å². The lowest BCUT2D eigenvalue weighted by Crippen LogP contribution is -2.26. The van der Waals surface area contributed by atoms with Gasteiger partial charge in [0.05, 0.1) is 18.1 Å². The van der Waals surface area contributed by atoms with Gasteiger partial charge in [-0.25, -0.2) is 4.99 Å². The van der Waals surface area contributed by atoms with Crippen LogP contribution in [0.5, 0.6) is 0 Å². The molecule has 6 heteroatoms. The molecule has 2 heterocycles. The fraction of sp³-hybridized carbons (Fsp3) is 0.182. The first-order chi connectivity index (χ1) is 7.78. The Morgan fingerprint density at radius 3 is 3.00 bits per heavy atom. The van der Waals surface area contributed by atoms with Gasteiger partial charge < -0.3 is 4.90 Å². The third-order valence-corrected chi connectivity index (χ3v) is 4.02. The summed E-state index contributed by atoms with van der Waals surface area (Å²) in [7, 11) is 0. The van der Waals surface area contributed by atoms with Gasteiger partial charge in [-0.2, -0.15) is 0 Å². The lowest BCUT2D eigenvalue weighted by Gasteiger charge is -2.26. The summed E-state index contributed by atoms with van der Waals surface area (Å²) < 4.78 is 0. The first-order valence-corrected chi connectivity index (χ1v) is 6.63. The van der Waals surface area contributed by atoms with E-state index in [1.165, 1.54) is 0 Å². The summed E-state index contributed by atoms with van der Waals surface area (Å²) in [4.78, 5) is 6.72. The normalized spacial score (nSPS) is 16.7. The molecule has 0 N–H and O–H groups in total. The Labute approximate surface area is 120 Å². The summed E-state index contributed by atoms with van der Waals surface area (Å²) in [6.07, 6.45) is 0. The van der Waals surface area contributed by atoms with Crippen molar-refractivity contribution in [1.29, 1.82) is 0 Å². The highest BCUT2D eigenvalue weighted by atomic mass is 35.5. The third-order valence-electron chi connectivity index (χ3n) is 2.60. The molecule has 2 nitrogen and oxygen atoms in total. The zero-order valence-electron chi connectivity index (χ0n) is 8.69. The van der Waals surface area contributed by atoms with Crippen molar-refractivity contribution in [2.45, 2.75) is 6.54 Å². The molecule has 1 aromatic rings. The van der Waals surface area contributed by atoms with E-state index in [4.69, 9.17) is 23.2 Å². The first kappa shape index (κ1) is 13.1. The van der Waals surface area contributed by atoms with Crippen LogP contribution in [0.15, 0.2) is 34.3 Å². The number of alkyl halides is 1. The van der Waals surface area contributed by atoms with Crippen molar-refractivity contribution < 1.29 is 0 Å². The van der Waals surface area contributed by atoms with E-state index in [1.54, 1.807) is 11.8 Å². The van der Waals surface area contributed by atoms with Gasteiger partial charge in [-0.1, -0.05) is 23.4 Å². The van der Waals surface area contributed by atoms with Crippen LogP contribution in [0.3, 0.4) is 0 Å². The van der Waals surface area contributed by atoms with E-state index in [0.29, 0.717) is 5.88 Å². The van der Waals surface area contributed by atoms with Crippen LogP contribution in [-0.2, 0) is 6.54 Å². The lowest BCUT2D eigenvalue weighted by atomic mass is 10.1. The van der Waals surface area contributed by atoms with Crippen LogP contribution >= 0.6 is 47.4 Å². The number of hydrogen-bond acceptors (Lipinski definition) is 3. The predicted octanol–water partition coefficient (Wildman–Crippen LogP) is 4.39. The second kappa shape index (κ2) is 5.11. The van der Waals surface area contributed by atoms with Crippen LogP contribution < -0.4 is 0 Å². The maximum atomic E-state index is 5.98. The fourth-order valence-corrected chi connectivity index (χ4v) is 3.21. The number of hydrogen-bond donors (Lipinski definition) is 0. The van der Waals surface area contributed by atoms with Gasteiger partial charge in [0.15, 0.2) is 5.17 Å². The SMILES string of the molecule is Cl.ClCC1=CSC2=Nc3ccc(Cl)cc3CN12. The number of aliphatic imine (C=N–C) groups is 1. The van der Waals surface area contributed by atoms with Gasteiger partial charge in [0.2, 0.25) is 0 Å². The number of nitrogens with zero attached hydrogens (tertiary/aromatic N) is 2. The molecule has 2 aliphatic heterocycles. The molecule has 0 unspecified atom stereocenters. The lowest BCUT2D eigenvalue weighted by molar-refractivity contribution is 0.518. The molecule has 0 bridgehead atoms. The Kier molecular flexibility index (Phi) is 3.93. The van der Waals surface area contributed by atoms with E-state index in [-0.39, 0.29) is 12.4 Å². The van der Waals surface area contributed by atoms with Gasteiger partial charge in [0.1, 0.15) is 0 Å². The summed E-state index contributed by atoms with van der Waals surface area (Å²) in [6.45, 7) is 0.806. The maximum absolute atomic E-state index is 5.98. The molecule has 0 saturated carbocycles. The molecule has 0 amide bonds. The Hall–Kier alpha value is -0.350. The molecular weight excluding hydrogens is 299 g/mol. The highest BCUT2D eigenvalue weighted by Gasteiger charge is 2.26. The Bertz CT molecular complexity index is 513. The smallest absolute Gasteiger partial charge is 0.173 e. The summed E-state index contributed by atoms with van der Waals surface area (Å²) in [5.74, 6) is 0.516. The van der Waals surface area contributed by atoms with Gasteiger partial charge in [-0.3, -0.25) is 0 Å². The molecule has 90 valence electrons. The zero-order chi connectivity index (χ0) is 11.1. The molecule has 3 rings (SSSR count). The Balaban J connectivity index is 0.00000108. The number of allylic oxidation sites excluding steroid dienone is 1. The van der Waals surface area contributed by atoms with Crippen LogP contribution in [0.2, 0.25) is 5.02 Å². The molecule has 17 heavy (non-hydrogen) atoms. The number of amidine groups is 1. The van der Waals surface area contributed by atoms with E-state index < -0.39 is 0 Å². The van der Waals surface area contributed by atoms with Gasteiger partial charge in [-0.05, 0) is 29.2 Å². The average molecular weight is 308 g/mol. The first-order valence-electron chi connectivity index (χ1n) is 4.84. The van der Waals surface area contributed by atoms with Crippen LogP contribution in [0, 0.1) is 0 Å². The van der Waals surface area contributed by atoms with Crippen LogP contribution in [0.1, 0.15) is 5.56 Å². The van der Waals surface area contributed by atoms with Crippen molar-refractivity contribution in [2.24, 2.45) is 4.99 Å². The molecule has 0 spiro atoms. The second-order valence-corrected chi connectivity index (χ2v) is 5.15. The summed E-state index contributed by atoms with van der Waals surface area (Å²) in [5, 5.41) is 3.81. The predicted molar refractivity (Wildman–Crippen MR) is 77.7 cm³/mol. The Morgan fingerprint density at radius 2 is 2.24 bits per heavy atom. The second-order valence-electron chi connectivity index (χ2n) is 3.61. The van der Waals surface area contributed by atoms with Crippen molar-refractivity contribution in [3.8, 4) is 0 Å². The highest BCUT2D eigenvalue weighted by Crippen LogP contribution is 2.37. The van der Waals surface area contributed by atoms with Crippen LogP contribution in [0.4, 0.5) is 5.69 Å². The van der Waals surface area contributed by atoms with Crippen LogP contribution in [-0.4, -0.2) is 15.9 Å². The number of benzene rings is 1. The molecule has 1 aromatic carbocycles. The minimum absolute atomic E-state index is 0. The van der Waals surface area contributed by atoms with Crippen molar-refractivity contribution in [1.82, 2.24) is 4.90 Å². The van der Waals surface area contributed by atoms with E-state index in [2.05, 4.69) is 15.3 Å². The van der Waals surface area contributed by atoms with Gasteiger partial charge in [-0.15, -0.1) is 24.0 Å². The standard InChI is InChI=1S/C11H8Cl2N2S.ClH/c12-4-9-6-16-11-14-10-2-1-8(13)3-7(10)5-15(9)11;/h1-3,6H,4-5H2;1H. The zero-order valence-corrected chi connectivity index (χ0v) is 11.8. The minimum Gasteiger partial charge on any atom is -0.318 e. The fourth-order valence-electron chi connectivity index (χ4n) is 1.79. The molecule has 0 fully saturated rings. The quantitative estimate of drug-likeness (QED) is 0.715. The minimum atomic E-state index is 0. The molecule has 0 aromatic heterocycles. The maximum Gasteiger partial charge on any atom is 0.173 e. The van der Waals surface area contributed by atoms with Crippen molar-refractivity contribution in [2.75, 3.05) is 5.88 Å². The number of thioether (sulfide) groups is 1. The monoisotopic (exact) mass is 306 g/mol. The van der Waals surface area contributed by atoms with Gasteiger partial charge >= 0.3 is 0 Å². The Morgan fingerprint density at radius 1 is 1.41 bits per heavy atom. The van der Waals surface area contributed by atoms with E-state index in [9.17, 15) is 0 Å². The van der Waals surface area contributed by atoms with Crippen molar-refractivity contribution >= 4 is 58.2 Å². The van der Waals surface area contributed by atoms with Gasteiger partial charge in [0, 0.05) is 10.7 Å². The summed E-state index contributed by atoms with van der Waals surface area (Å²) in [5.41, 5.74) is 3.26. The van der Waals surface area contributed by atoms with Crippen molar-refractivity contribution in [3.63, 3.8) is 0 Å². The van der Waals surface area contributed by atoms with Crippen molar-refractivity contribution in [3.05, 3.63) is 39.9 Å². The molecular formula is C11H9Cl3N2S. The van der Waals surface area contributed by atoms with E-state index in [0.717, 1.165) is 33.7 Å². The van der Waals surface area contributed by atoms with Crippen LogP contribution in [0.25, 0.3) is 0 Å². The molecule has 0 radical (unpaired) electrons. The summed E-state index contributed by atoms with van der Waals surface area (Å²) in [6, 6.07) is 5.79. The number of fused-ring (bicyclic) bond motifs is 2. The van der Waals surface area contributed by atoms with Gasteiger partial charge in [0.25, 0.3) is 0 Å². The largest absolute Gasteiger partial charge is 0.318 e. The van der Waals surface area contributed by atoms with E-state index in [1.807, 2.05) is 18.2 Å². The summed E-state index contributed by atoms with van der Waals surface area (Å²) >= 11 is 13.5.